The van der Waals surface area contributed by atoms with Crippen molar-refractivity contribution in [1.82, 2.24) is 10.2 Å². The molecule has 3 N–H and O–H groups in total. The fraction of sp³-hybridized carbons (Fsp3) is 0.412. The van der Waals surface area contributed by atoms with Crippen LogP contribution in [0.25, 0.3) is 0 Å². The molecule has 3 aromatic rings. The lowest BCUT2D eigenvalue weighted by molar-refractivity contribution is -0.146. The zero-order valence-electron chi connectivity index (χ0n) is 22.7. The van der Waals surface area contributed by atoms with Crippen LogP contribution in [-0.2, 0) is 22.4 Å². The van der Waals surface area contributed by atoms with Gasteiger partial charge in [0.25, 0.3) is 0 Å². The Hall–Kier alpha value is -3.44. The van der Waals surface area contributed by atoms with E-state index < -0.39 is 12.1 Å². The molecule has 0 aliphatic heterocycles. The molecule has 3 fully saturated rings. The zero-order chi connectivity index (χ0) is 27.0. The second kappa shape index (κ2) is 10.6. The van der Waals surface area contributed by atoms with Crippen molar-refractivity contribution in [3.8, 4) is 0 Å². The van der Waals surface area contributed by atoms with Crippen LogP contribution in [-0.4, -0.2) is 41.4 Å². The van der Waals surface area contributed by atoms with Crippen LogP contribution in [0.5, 0.6) is 0 Å². The first-order chi connectivity index (χ1) is 19.0. The first-order valence-electron chi connectivity index (χ1n) is 14.5. The Balaban J connectivity index is 1.25. The van der Waals surface area contributed by atoms with Crippen molar-refractivity contribution in [3.05, 3.63) is 108 Å². The molecule has 6 rings (SSSR count). The maximum Gasteiger partial charge on any atom is 0.245 e. The number of likely N-dealkylation sites (N-methyl/N-ethyl adjacent to an activating group) is 1. The van der Waals surface area contributed by atoms with Gasteiger partial charge in [0.2, 0.25) is 11.8 Å². The minimum absolute atomic E-state index is 0.00601. The summed E-state index contributed by atoms with van der Waals surface area (Å²) in [5.74, 6) is 1.44. The molecule has 202 valence electrons. The number of nitrogens with two attached hydrogens (primary N) is 1. The third kappa shape index (κ3) is 4.67. The molecular formula is C34H39N3O2. The molecule has 0 heterocycles. The van der Waals surface area contributed by atoms with E-state index in [1.165, 1.54) is 24.8 Å². The molecule has 2 amide bonds. The van der Waals surface area contributed by atoms with Crippen LogP contribution in [0.15, 0.2) is 91.0 Å². The average Bonchev–Trinajstić information content (AvgIpc) is 3.63. The molecule has 3 saturated carbocycles. The third-order valence-electron chi connectivity index (χ3n) is 9.72. The van der Waals surface area contributed by atoms with E-state index in [1.807, 2.05) is 60.7 Å². The van der Waals surface area contributed by atoms with E-state index in [0.29, 0.717) is 36.6 Å². The van der Waals surface area contributed by atoms with Crippen molar-refractivity contribution in [1.29, 1.82) is 0 Å². The third-order valence-corrected chi connectivity index (χ3v) is 9.72. The minimum Gasteiger partial charge on any atom is -0.343 e. The summed E-state index contributed by atoms with van der Waals surface area (Å²) in [7, 11) is 0. The fourth-order valence-corrected chi connectivity index (χ4v) is 7.94. The molecule has 3 aliphatic rings. The number of hydrogen-bond donors (Lipinski definition) is 2. The van der Waals surface area contributed by atoms with Gasteiger partial charge >= 0.3 is 0 Å². The Morgan fingerprint density at radius 3 is 2.08 bits per heavy atom. The van der Waals surface area contributed by atoms with Crippen molar-refractivity contribution in [2.45, 2.75) is 63.1 Å². The number of benzene rings is 3. The van der Waals surface area contributed by atoms with Crippen molar-refractivity contribution >= 4 is 11.8 Å². The first-order valence-corrected chi connectivity index (χ1v) is 14.5. The van der Waals surface area contributed by atoms with Crippen LogP contribution in [0.3, 0.4) is 0 Å². The smallest absolute Gasteiger partial charge is 0.245 e. The van der Waals surface area contributed by atoms with Crippen molar-refractivity contribution in [2.24, 2.45) is 23.0 Å². The molecule has 7 atom stereocenters. The summed E-state index contributed by atoms with van der Waals surface area (Å²) >= 11 is 0. The van der Waals surface area contributed by atoms with Gasteiger partial charge in [-0.25, -0.2) is 0 Å². The van der Waals surface area contributed by atoms with Crippen LogP contribution in [0.1, 0.15) is 48.8 Å². The lowest BCUT2D eigenvalue weighted by atomic mass is 9.55. The SMILES string of the molecule is CCN(C(=O)[C@H](Cc1ccccc1)NC(=O)C(N)Cc1ccccc1)C1C2CCC3CC32C1c1ccccc1. The second-order valence-corrected chi connectivity index (χ2v) is 11.7. The quantitative estimate of drug-likeness (QED) is 0.406. The molecule has 0 radical (unpaired) electrons. The van der Waals surface area contributed by atoms with Gasteiger partial charge < -0.3 is 16.0 Å². The van der Waals surface area contributed by atoms with E-state index in [0.717, 1.165) is 17.0 Å². The number of nitrogens with zero attached hydrogens (tertiary/aromatic N) is 1. The number of amides is 2. The number of rotatable bonds is 10. The average molecular weight is 522 g/mol. The van der Waals surface area contributed by atoms with Gasteiger partial charge in [0.15, 0.2) is 0 Å². The van der Waals surface area contributed by atoms with Crippen LogP contribution >= 0.6 is 0 Å². The normalized spacial score (nSPS) is 27.8. The molecule has 5 heteroatoms. The first kappa shape index (κ1) is 25.8. The van der Waals surface area contributed by atoms with E-state index in [1.54, 1.807) is 0 Å². The summed E-state index contributed by atoms with van der Waals surface area (Å²) in [6.45, 7) is 2.70. The Bertz CT molecular complexity index is 1300. The summed E-state index contributed by atoms with van der Waals surface area (Å²) in [5, 5.41) is 3.08. The van der Waals surface area contributed by atoms with E-state index in [-0.39, 0.29) is 17.9 Å². The van der Waals surface area contributed by atoms with Crippen molar-refractivity contribution in [2.75, 3.05) is 6.54 Å². The Labute approximate surface area is 231 Å². The van der Waals surface area contributed by atoms with Crippen molar-refractivity contribution in [3.63, 3.8) is 0 Å². The van der Waals surface area contributed by atoms with Gasteiger partial charge in [-0.2, -0.15) is 0 Å². The number of nitrogens with one attached hydrogen (secondary N) is 1. The van der Waals surface area contributed by atoms with Crippen LogP contribution < -0.4 is 11.1 Å². The highest BCUT2D eigenvalue weighted by Crippen LogP contribution is 2.81. The molecule has 3 aliphatic carbocycles. The minimum atomic E-state index is -0.723. The molecule has 0 bridgehead atoms. The van der Waals surface area contributed by atoms with Gasteiger partial charge in [-0.15, -0.1) is 0 Å². The molecule has 5 nitrogen and oxygen atoms in total. The molecule has 3 aromatic carbocycles. The lowest BCUT2D eigenvalue weighted by Gasteiger charge is -2.57. The van der Waals surface area contributed by atoms with E-state index in [9.17, 15) is 9.59 Å². The van der Waals surface area contributed by atoms with Gasteiger partial charge in [0, 0.05) is 24.9 Å². The fourth-order valence-electron chi connectivity index (χ4n) is 7.94. The molecule has 0 aromatic heterocycles. The maximum atomic E-state index is 14.4. The van der Waals surface area contributed by atoms with Crippen molar-refractivity contribution < 1.29 is 9.59 Å². The predicted molar refractivity (Wildman–Crippen MR) is 154 cm³/mol. The van der Waals surface area contributed by atoms with Gasteiger partial charge in [0.05, 0.1) is 6.04 Å². The van der Waals surface area contributed by atoms with Gasteiger partial charge in [-0.1, -0.05) is 91.0 Å². The summed E-state index contributed by atoms with van der Waals surface area (Å²) in [4.78, 5) is 29.8. The van der Waals surface area contributed by atoms with Gasteiger partial charge in [0.1, 0.15) is 6.04 Å². The molecule has 1 spiro atoms. The Kier molecular flexibility index (Phi) is 7.03. The van der Waals surface area contributed by atoms with Crippen LogP contribution in [0.2, 0.25) is 0 Å². The standard InChI is InChI=1S/C34H39N3O2/c1-2-37(31-27-19-18-26-22-34(26,27)30(31)25-16-10-5-11-17-25)33(39)29(21-24-14-8-4-9-15-24)36-32(38)28(35)20-23-12-6-3-7-13-23/h3-17,26-31H,2,18-22,35H2,1H3,(H,36,38)/t26?,27?,28?,29-,30?,31?,34?/m0/s1. The van der Waals surface area contributed by atoms with Gasteiger partial charge in [-0.05, 0) is 66.5 Å². The van der Waals surface area contributed by atoms with Gasteiger partial charge in [-0.3, -0.25) is 9.59 Å². The summed E-state index contributed by atoms with van der Waals surface area (Å²) in [6.07, 6.45) is 4.63. The summed E-state index contributed by atoms with van der Waals surface area (Å²) in [6, 6.07) is 29.3. The highest BCUT2D eigenvalue weighted by Gasteiger charge is 2.77. The number of hydrogen-bond acceptors (Lipinski definition) is 3. The molecule has 6 unspecified atom stereocenters. The summed E-state index contributed by atoms with van der Waals surface area (Å²) in [5.41, 5.74) is 10.1. The topological polar surface area (TPSA) is 75.4 Å². The highest BCUT2D eigenvalue weighted by molar-refractivity contribution is 5.90. The molecule has 39 heavy (non-hydrogen) atoms. The maximum absolute atomic E-state index is 14.4. The van der Waals surface area contributed by atoms with Crippen LogP contribution in [0.4, 0.5) is 0 Å². The zero-order valence-corrected chi connectivity index (χ0v) is 22.7. The Morgan fingerprint density at radius 1 is 0.897 bits per heavy atom. The highest BCUT2D eigenvalue weighted by atomic mass is 16.2. The lowest BCUT2D eigenvalue weighted by Crippen LogP contribution is -2.64. The monoisotopic (exact) mass is 521 g/mol. The number of carbonyl (C=O) groups is 2. The van der Waals surface area contributed by atoms with E-state index in [2.05, 4.69) is 47.5 Å². The second-order valence-electron chi connectivity index (χ2n) is 11.7. The van der Waals surface area contributed by atoms with Crippen LogP contribution in [0, 0.1) is 17.3 Å². The van der Waals surface area contributed by atoms with E-state index in [4.69, 9.17) is 5.73 Å². The summed E-state index contributed by atoms with van der Waals surface area (Å²) < 4.78 is 0. The Morgan fingerprint density at radius 2 is 1.49 bits per heavy atom. The number of carbonyl (C=O) groups excluding carboxylic acids is 2. The predicted octanol–water partition coefficient (Wildman–Crippen LogP) is 4.71. The largest absolute Gasteiger partial charge is 0.343 e. The van der Waals surface area contributed by atoms with E-state index >= 15 is 0 Å². The molecule has 0 saturated heterocycles. The molecular weight excluding hydrogens is 482 g/mol.